The molecule has 2 aliphatic rings. The number of hydrogen-bond donors (Lipinski definition) is 1. The lowest BCUT2D eigenvalue weighted by atomic mass is 9.80. The number of methoxy groups -OCH3 is 1. The van der Waals surface area contributed by atoms with Crippen molar-refractivity contribution in [3.8, 4) is 11.5 Å². The third-order valence-electron chi connectivity index (χ3n) is 6.05. The van der Waals surface area contributed by atoms with Gasteiger partial charge in [-0.15, -0.1) is 13.2 Å². The van der Waals surface area contributed by atoms with Crippen molar-refractivity contribution < 1.29 is 37.3 Å². The third kappa shape index (κ3) is 4.90. The molecular weight excluding hydrogens is 377 g/mol. The van der Waals surface area contributed by atoms with Crippen LogP contribution < -0.4 is 9.47 Å². The number of alkyl halides is 3. The van der Waals surface area contributed by atoms with E-state index in [0.717, 1.165) is 38.5 Å². The van der Waals surface area contributed by atoms with Gasteiger partial charge >= 0.3 is 12.3 Å². The van der Waals surface area contributed by atoms with Gasteiger partial charge in [-0.25, -0.2) is 0 Å². The molecule has 1 aromatic carbocycles. The highest BCUT2D eigenvalue weighted by molar-refractivity contribution is 5.66. The largest absolute Gasteiger partial charge is 0.573 e. The Morgan fingerprint density at radius 3 is 2.54 bits per heavy atom. The maximum atomic E-state index is 12.7. The highest BCUT2D eigenvalue weighted by Gasteiger charge is 2.54. The zero-order valence-electron chi connectivity index (χ0n) is 15.8. The molecule has 0 atom stereocenters. The van der Waals surface area contributed by atoms with Crippen LogP contribution in [0.25, 0.3) is 0 Å². The zero-order chi connectivity index (χ0) is 20.4. The van der Waals surface area contributed by atoms with Gasteiger partial charge in [0.2, 0.25) is 0 Å². The number of fused-ring (bicyclic) bond motifs is 2. The first-order valence-corrected chi connectivity index (χ1v) is 9.43. The topological polar surface area (TPSA) is 65.0 Å². The van der Waals surface area contributed by atoms with E-state index in [1.165, 1.54) is 19.2 Å². The number of aliphatic carboxylic acids is 1. The standard InChI is InChI=1S/C20H25F3O5/c1-26-15-5-4-14(16(11-15)28-20(21,22)23)12-27-19-9-7-18(13-19,8-10-19)6-2-3-17(24)25/h4-5,11H,2-3,6-10,12-13H2,1H3,(H,24,25). The van der Waals surface area contributed by atoms with Crippen molar-refractivity contribution in [1.82, 2.24) is 0 Å². The summed E-state index contributed by atoms with van der Waals surface area (Å²) in [7, 11) is 1.38. The fourth-order valence-corrected chi connectivity index (χ4v) is 4.65. The van der Waals surface area contributed by atoms with Crippen LogP contribution in [0.4, 0.5) is 13.2 Å². The molecule has 0 unspecified atom stereocenters. The summed E-state index contributed by atoms with van der Waals surface area (Å²) >= 11 is 0. The Labute approximate surface area is 161 Å². The molecule has 0 spiro atoms. The second-order valence-electron chi connectivity index (χ2n) is 7.92. The van der Waals surface area contributed by atoms with Gasteiger partial charge in [-0.1, -0.05) is 0 Å². The van der Waals surface area contributed by atoms with Crippen molar-refractivity contribution in [2.75, 3.05) is 7.11 Å². The Morgan fingerprint density at radius 2 is 1.93 bits per heavy atom. The van der Waals surface area contributed by atoms with Crippen LogP contribution in [0.2, 0.25) is 0 Å². The van der Waals surface area contributed by atoms with Crippen molar-refractivity contribution in [2.45, 2.75) is 69.9 Å². The monoisotopic (exact) mass is 402 g/mol. The zero-order valence-corrected chi connectivity index (χ0v) is 15.8. The number of halogens is 3. The van der Waals surface area contributed by atoms with Gasteiger partial charge in [0.1, 0.15) is 11.5 Å². The molecule has 2 fully saturated rings. The van der Waals surface area contributed by atoms with Gasteiger partial charge in [0, 0.05) is 18.1 Å². The Bertz CT molecular complexity index is 708. The average Bonchev–Trinajstić information content (AvgIpc) is 3.15. The number of hydrogen-bond acceptors (Lipinski definition) is 4. The van der Waals surface area contributed by atoms with Crippen LogP contribution in [-0.4, -0.2) is 30.1 Å². The number of benzene rings is 1. The third-order valence-corrected chi connectivity index (χ3v) is 6.05. The lowest BCUT2D eigenvalue weighted by Gasteiger charge is -2.28. The Hall–Kier alpha value is -1.96. The van der Waals surface area contributed by atoms with Crippen molar-refractivity contribution >= 4 is 5.97 Å². The number of rotatable bonds is 9. The summed E-state index contributed by atoms with van der Waals surface area (Å²) in [6, 6.07) is 4.32. The van der Waals surface area contributed by atoms with Gasteiger partial charge < -0.3 is 19.3 Å². The first-order chi connectivity index (χ1) is 13.1. The first-order valence-electron chi connectivity index (χ1n) is 9.43. The molecule has 5 nitrogen and oxygen atoms in total. The molecule has 8 heteroatoms. The summed E-state index contributed by atoms with van der Waals surface area (Å²) in [5, 5.41) is 8.83. The van der Waals surface area contributed by atoms with Gasteiger partial charge in [0.05, 0.1) is 19.3 Å². The molecule has 0 saturated heterocycles. The summed E-state index contributed by atoms with van der Waals surface area (Å²) in [6.45, 7) is 0.0284. The maximum absolute atomic E-state index is 12.7. The van der Waals surface area contributed by atoms with Crippen LogP contribution in [0, 0.1) is 5.41 Å². The van der Waals surface area contributed by atoms with E-state index >= 15 is 0 Å². The van der Waals surface area contributed by atoms with Crippen molar-refractivity contribution in [3.63, 3.8) is 0 Å². The number of carbonyl (C=O) groups is 1. The van der Waals surface area contributed by atoms with Crippen LogP contribution in [0.3, 0.4) is 0 Å². The highest BCUT2D eigenvalue weighted by Crippen LogP contribution is 2.60. The minimum atomic E-state index is -4.79. The molecule has 28 heavy (non-hydrogen) atoms. The molecule has 0 heterocycles. The summed E-state index contributed by atoms with van der Waals surface area (Å²) in [5.41, 5.74) is 0.0991. The van der Waals surface area contributed by atoms with Gasteiger partial charge in [0.25, 0.3) is 0 Å². The predicted molar refractivity (Wildman–Crippen MR) is 94.2 cm³/mol. The molecule has 2 bridgehead atoms. The SMILES string of the molecule is COc1ccc(COC23CCC(CCCC(=O)O)(CC2)C3)c(OC(F)(F)F)c1. The number of carboxylic acids is 1. The van der Waals surface area contributed by atoms with E-state index in [-0.39, 0.29) is 35.5 Å². The molecule has 0 radical (unpaired) electrons. The quantitative estimate of drug-likeness (QED) is 0.625. The fourth-order valence-electron chi connectivity index (χ4n) is 4.65. The Kier molecular flexibility index (Phi) is 5.79. The van der Waals surface area contributed by atoms with Gasteiger partial charge in [0.15, 0.2) is 0 Å². The second kappa shape index (κ2) is 7.81. The van der Waals surface area contributed by atoms with E-state index < -0.39 is 12.3 Å². The molecule has 3 rings (SSSR count). The Balaban J connectivity index is 1.64. The van der Waals surface area contributed by atoms with E-state index in [1.54, 1.807) is 6.07 Å². The molecule has 156 valence electrons. The Morgan fingerprint density at radius 1 is 1.21 bits per heavy atom. The molecule has 1 N–H and O–H groups in total. The number of ether oxygens (including phenoxy) is 3. The molecule has 2 saturated carbocycles. The van der Waals surface area contributed by atoms with Gasteiger partial charge in [-0.05, 0) is 62.5 Å². The lowest BCUT2D eigenvalue weighted by molar-refractivity contribution is -0.275. The van der Waals surface area contributed by atoms with E-state index in [9.17, 15) is 18.0 Å². The van der Waals surface area contributed by atoms with Crippen LogP contribution in [0.5, 0.6) is 11.5 Å². The lowest BCUT2D eigenvalue weighted by Crippen LogP contribution is -2.26. The van der Waals surface area contributed by atoms with Gasteiger partial charge in [-0.3, -0.25) is 4.79 Å². The normalized spacial score (nSPS) is 26.4. The fraction of sp³-hybridized carbons (Fsp3) is 0.650. The summed E-state index contributed by atoms with van der Waals surface area (Å²) < 4.78 is 53.5. The minimum absolute atomic E-state index is 0.0284. The molecule has 0 aromatic heterocycles. The summed E-state index contributed by atoms with van der Waals surface area (Å²) in [6.07, 6.45) is 1.37. The minimum Gasteiger partial charge on any atom is -0.497 e. The second-order valence-corrected chi connectivity index (χ2v) is 7.92. The smallest absolute Gasteiger partial charge is 0.497 e. The summed E-state index contributed by atoms with van der Waals surface area (Å²) in [5.74, 6) is -0.820. The highest BCUT2D eigenvalue weighted by atomic mass is 19.4. The van der Waals surface area contributed by atoms with Gasteiger partial charge in [-0.2, -0.15) is 0 Å². The van der Waals surface area contributed by atoms with Crippen molar-refractivity contribution in [3.05, 3.63) is 23.8 Å². The van der Waals surface area contributed by atoms with Crippen LogP contribution in [0.1, 0.15) is 56.9 Å². The average molecular weight is 402 g/mol. The summed E-state index contributed by atoms with van der Waals surface area (Å²) in [4.78, 5) is 10.7. The van der Waals surface area contributed by atoms with E-state index in [4.69, 9.17) is 14.6 Å². The molecular formula is C20H25F3O5. The molecule has 2 aliphatic carbocycles. The van der Waals surface area contributed by atoms with E-state index in [0.29, 0.717) is 12.0 Å². The van der Waals surface area contributed by atoms with Crippen molar-refractivity contribution in [2.24, 2.45) is 5.41 Å². The molecule has 0 aliphatic heterocycles. The van der Waals surface area contributed by atoms with Crippen LogP contribution in [-0.2, 0) is 16.1 Å². The first kappa shape index (κ1) is 20.8. The van der Waals surface area contributed by atoms with E-state index in [2.05, 4.69) is 4.74 Å². The van der Waals surface area contributed by atoms with Crippen LogP contribution in [0.15, 0.2) is 18.2 Å². The molecule has 1 aromatic rings. The maximum Gasteiger partial charge on any atom is 0.573 e. The van der Waals surface area contributed by atoms with E-state index in [1.807, 2.05) is 0 Å². The van der Waals surface area contributed by atoms with Crippen LogP contribution >= 0.6 is 0 Å². The predicted octanol–water partition coefficient (Wildman–Crippen LogP) is 5.07. The van der Waals surface area contributed by atoms with Crippen molar-refractivity contribution in [1.29, 1.82) is 0 Å². The number of carboxylic acid groups (broad SMARTS) is 1. The molecule has 0 amide bonds.